The van der Waals surface area contributed by atoms with Gasteiger partial charge < -0.3 is 20.8 Å². The van der Waals surface area contributed by atoms with Gasteiger partial charge in [-0.15, -0.1) is 0 Å². The first kappa shape index (κ1) is 24.5. The van der Waals surface area contributed by atoms with Crippen molar-refractivity contribution >= 4 is 54.5 Å². The van der Waals surface area contributed by atoms with E-state index in [1.807, 2.05) is 13.0 Å². The second kappa shape index (κ2) is 9.67. The van der Waals surface area contributed by atoms with Crippen LogP contribution in [0.3, 0.4) is 0 Å². The van der Waals surface area contributed by atoms with Gasteiger partial charge in [-0.2, -0.15) is 0 Å². The topological polar surface area (TPSA) is 64.5 Å². The molecule has 0 heterocycles. The van der Waals surface area contributed by atoms with Crippen LogP contribution in [0, 0.1) is 13.8 Å². The van der Waals surface area contributed by atoms with Crippen LogP contribution in [0.1, 0.15) is 69.2 Å². The Kier molecular flexibility index (Phi) is 6.57. The summed E-state index contributed by atoms with van der Waals surface area (Å²) >= 11 is 0. The average molecular weight is 483 g/mol. The molecule has 0 saturated carbocycles. The molecule has 0 aliphatic rings. The zero-order valence-corrected chi connectivity index (χ0v) is 22.2. The number of rotatable bonds is 9. The molecule has 0 aliphatic heterocycles. The first-order valence-corrected chi connectivity index (χ1v) is 13.4. The number of aliphatic hydroxyl groups excluding tert-OH is 1. The molecule has 0 radical (unpaired) electrons. The Labute approximate surface area is 213 Å². The van der Waals surface area contributed by atoms with Crippen molar-refractivity contribution in [3.05, 3.63) is 53.1 Å². The number of nitrogens with one attached hydrogen (secondary N) is 2. The molecule has 4 N–H and O–H groups in total. The number of unbranched alkanes of at least 4 members (excludes halogenated alkanes) is 2. The molecule has 1 atom stereocenters. The second-order valence-corrected chi connectivity index (χ2v) is 10.3. The Bertz CT molecular complexity index is 1570. The van der Waals surface area contributed by atoms with Crippen molar-refractivity contribution in [2.24, 2.45) is 0 Å². The average Bonchev–Trinajstić information content (AvgIpc) is 2.85. The van der Waals surface area contributed by atoms with Crippen LogP contribution in [0.2, 0.25) is 0 Å². The van der Waals surface area contributed by atoms with Crippen LogP contribution < -0.4 is 10.6 Å². The molecule has 36 heavy (non-hydrogen) atoms. The summed E-state index contributed by atoms with van der Waals surface area (Å²) < 4.78 is 0. The molecule has 0 aromatic heterocycles. The minimum absolute atomic E-state index is 0.319. The molecule has 4 nitrogen and oxygen atoms in total. The Morgan fingerprint density at radius 3 is 1.83 bits per heavy atom. The Hall–Kier alpha value is -3.24. The van der Waals surface area contributed by atoms with Gasteiger partial charge in [-0.05, 0) is 72.5 Å². The lowest BCUT2D eigenvalue weighted by atomic mass is 9.83. The van der Waals surface area contributed by atoms with Crippen LogP contribution in [0.25, 0.3) is 43.1 Å². The number of hydrogen-bond donors (Lipinski definition) is 4. The number of hydrogen-bond acceptors (Lipinski definition) is 4. The minimum atomic E-state index is -0.564. The molecule has 5 rings (SSSR count). The lowest BCUT2D eigenvalue weighted by Gasteiger charge is -2.24. The zero-order valence-electron chi connectivity index (χ0n) is 22.2. The maximum absolute atomic E-state index is 11.2. The van der Waals surface area contributed by atoms with Gasteiger partial charge in [0.25, 0.3) is 0 Å². The number of aryl methyl sites for hydroxylation is 2. The van der Waals surface area contributed by atoms with Crippen molar-refractivity contribution < 1.29 is 10.2 Å². The highest BCUT2D eigenvalue weighted by Crippen LogP contribution is 2.50. The fraction of sp³-hybridized carbons (Fsp3) is 0.375. The van der Waals surface area contributed by atoms with Crippen molar-refractivity contribution in [1.82, 2.24) is 0 Å². The van der Waals surface area contributed by atoms with Crippen molar-refractivity contribution in [2.45, 2.75) is 66.4 Å². The summed E-state index contributed by atoms with van der Waals surface area (Å²) in [6.45, 7) is 12.2. The van der Waals surface area contributed by atoms with Crippen LogP contribution in [-0.2, 0) is 0 Å². The predicted octanol–water partition coefficient (Wildman–Crippen LogP) is 8.54. The van der Waals surface area contributed by atoms with E-state index in [-0.39, 0.29) is 0 Å². The first-order chi connectivity index (χ1) is 17.4. The molecule has 1 unspecified atom stereocenters. The van der Waals surface area contributed by atoms with E-state index in [1.54, 1.807) is 0 Å². The fourth-order valence-corrected chi connectivity index (χ4v) is 5.91. The third kappa shape index (κ3) is 3.79. The number of aliphatic hydroxyl groups is 1. The Morgan fingerprint density at radius 1 is 0.694 bits per heavy atom. The molecule has 0 bridgehead atoms. The SMILES string of the molecule is CCCCNc1cc(O)c2c(C)ccc3c4c(NCCCC)cc(C)c5c(C(C)O)ccc(c1c23)c54. The van der Waals surface area contributed by atoms with Crippen molar-refractivity contribution in [3.8, 4) is 5.75 Å². The Morgan fingerprint density at radius 2 is 1.25 bits per heavy atom. The fourth-order valence-electron chi connectivity index (χ4n) is 5.91. The molecule has 0 fully saturated rings. The largest absolute Gasteiger partial charge is 0.507 e. The Balaban J connectivity index is 2.02. The highest BCUT2D eigenvalue weighted by atomic mass is 16.3. The molecule has 0 aliphatic carbocycles. The number of benzene rings is 5. The minimum Gasteiger partial charge on any atom is -0.507 e. The standard InChI is InChI=1S/C32H38N2O2/c1-6-8-14-33-24-16-19(4)27-21(20(5)35)12-13-23-30-25(34-15-9-7-2)17-26(36)28-18(3)10-11-22(32(28)30)29(24)31(23)27/h10-13,16-17,20,33-36H,6-9,14-15H2,1-5H3. The van der Waals surface area contributed by atoms with Gasteiger partial charge in [0.05, 0.1) is 6.10 Å². The van der Waals surface area contributed by atoms with E-state index in [1.165, 1.54) is 10.8 Å². The molecular weight excluding hydrogens is 444 g/mol. The van der Waals surface area contributed by atoms with Crippen LogP contribution in [0.15, 0.2) is 36.4 Å². The van der Waals surface area contributed by atoms with Gasteiger partial charge in [-0.3, -0.25) is 0 Å². The summed E-state index contributed by atoms with van der Waals surface area (Å²) in [6.07, 6.45) is 3.84. The third-order valence-corrected chi connectivity index (χ3v) is 7.66. The van der Waals surface area contributed by atoms with E-state index >= 15 is 0 Å². The maximum atomic E-state index is 11.2. The van der Waals surface area contributed by atoms with Crippen molar-refractivity contribution in [1.29, 1.82) is 0 Å². The molecule has 0 spiro atoms. The highest BCUT2D eigenvalue weighted by molar-refractivity contribution is 6.38. The summed E-state index contributed by atoms with van der Waals surface area (Å²) in [4.78, 5) is 0. The molecule has 0 amide bonds. The monoisotopic (exact) mass is 482 g/mol. The molecule has 5 aromatic rings. The first-order valence-electron chi connectivity index (χ1n) is 13.4. The summed E-state index contributed by atoms with van der Waals surface area (Å²) in [5.74, 6) is 0.319. The van der Waals surface area contributed by atoms with E-state index < -0.39 is 6.10 Å². The summed E-state index contributed by atoms with van der Waals surface area (Å²) in [5, 5.41) is 38.3. The number of phenolic OH excluding ortho intramolecular Hbond substituents is 1. The maximum Gasteiger partial charge on any atom is 0.125 e. The van der Waals surface area contributed by atoms with Gasteiger partial charge in [0.15, 0.2) is 0 Å². The number of phenols is 1. The van der Waals surface area contributed by atoms with Gasteiger partial charge in [-0.25, -0.2) is 0 Å². The van der Waals surface area contributed by atoms with E-state index in [0.717, 1.165) is 99.2 Å². The third-order valence-electron chi connectivity index (χ3n) is 7.66. The summed E-state index contributed by atoms with van der Waals surface area (Å²) in [5.41, 5.74) is 5.28. The number of anilines is 2. The number of aromatic hydroxyl groups is 1. The molecule has 5 aromatic carbocycles. The van der Waals surface area contributed by atoms with E-state index in [9.17, 15) is 10.2 Å². The van der Waals surface area contributed by atoms with Gasteiger partial charge in [0.1, 0.15) is 5.75 Å². The van der Waals surface area contributed by atoms with Gasteiger partial charge in [0, 0.05) is 57.5 Å². The summed E-state index contributed by atoms with van der Waals surface area (Å²) in [6, 6.07) is 12.7. The number of fused-ring (bicyclic) bond motifs is 2. The van der Waals surface area contributed by atoms with Gasteiger partial charge in [0.2, 0.25) is 0 Å². The van der Waals surface area contributed by atoms with Crippen molar-refractivity contribution in [3.63, 3.8) is 0 Å². The smallest absolute Gasteiger partial charge is 0.125 e. The van der Waals surface area contributed by atoms with E-state index in [0.29, 0.717) is 5.75 Å². The molecular formula is C32H38N2O2. The zero-order chi connectivity index (χ0) is 25.6. The lowest BCUT2D eigenvalue weighted by Crippen LogP contribution is -2.06. The van der Waals surface area contributed by atoms with E-state index in [4.69, 9.17) is 0 Å². The summed E-state index contributed by atoms with van der Waals surface area (Å²) in [7, 11) is 0. The normalized spacial score (nSPS) is 12.8. The van der Waals surface area contributed by atoms with Crippen LogP contribution in [0.5, 0.6) is 5.75 Å². The predicted molar refractivity (Wildman–Crippen MR) is 156 cm³/mol. The van der Waals surface area contributed by atoms with Crippen LogP contribution in [0.4, 0.5) is 11.4 Å². The van der Waals surface area contributed by atoms with Crippen LogP contribution >= 0.6 is 0 Å². The van der Waals surface area contributed by atoms with Gasteiger partial charge in [-0.1, -0.05) is 51.0 Å². The van der Waals surface area contributed by atoms with Crippen LogP contribution in [-0.4, -0.2) is 23.3 Å². The quantitative estimate of drug-likeness (QED) is 0.0965. The molecule has 188 valence electrons. The van der Waals surface area contributed by atoms with Crippen molar-refractivity contribution in [2.75, 3.05) is 23.7 Å². The van der Waals surface area contributed by atoms with Gasteiger partial charge >= 0.3 is 0 Å². The molecule has 0 saturated heterocycles. The highest BCUT2D eigenvalue weighted by Gasteiger charge is 2.23. The molecule has 4 heteroatoms. The second-order valence-electron chi connectivity index (χ2n) is 10.3. The lowest BCUT2D eigenvalue weighted by molar-refractivity contribution is 0.201. The van der Waals surface area contributed by atoms with E-state index in [2.05, 4.69) is 68.7 Å².